The van der Waals surface area contributed by atoms with Gasteiger partial charge in [0.05, 0.1) is 16.6 Å². The molecule has 4 aromatic rings. The molecular formula is C26H22F3N7O4. The van der Waals surface area contributed by atoms with E-state index in [0.717, 1.165) is 12.1 Å². The summed E-state index contributed by atoms with van der Waals surface area (Å²) in [6.07, 6.45) is -4.99. The standard InChI is InChI=1S/C26H22F3N7O4/c1-36-21-19(20(30)35-36)17(12-18(34-21)25(8-9-25)22(37)40-23(31)38)13-4-2-6-15(10-13)32-24(39)33-16-7-3-5-14(11-16)26(27,28)29/h2-7,10-12H,8-9H2,1H3,(H2,30,35)(H2,31,38)(H2,32,33,39). The van der Waals surface area contributed by atoms with Gasteiger partial charge in [0.2, 0.25) is 0 Å². The largest absolute Gasteiger partial charge is 0.416 e. The second-order valence-corrected chi connectivity index (χ2v) is 9.29. The number of nitrogens with one attached hydrogen (secondary N) is 2. The summed E-state index contributed by atoms with van der Waals surface area (Å²) in [6.45, 7) is 0. The maximum atomic E-state index is 13.0. The average Bonchev–Trinajstić information content (AvgIpc) is 3.64. The van der Waals surface area contributed by atoms with Crippen molar-refractivity contribution in [3.63, 3.8) is 0 Å². The number of ether oxygens (including phenoxy) is 1. The second-order valence-electron chi connectivity index (χ2n) is 9.29. The van der Waals surface area contributed by atoms with Gasteiger partial charge >= 0.3 is 24.3 Å². The number of nitrogens with zero attached hydrogens (tertiary/aromatic N) is 3. The summed E-state index contributed by atoms with van der Waals surface area (Å²) in [5.74, 6) is -0.633. The third-order valence-electron chi connectivity index (χ3n) is 6.52. The molecule has 40 heavy (non-hydrogen) atoms. The Morgan fingerprint density at radius 2 is 1.68 bits per heavy atom. The highest BCUT2D eigenvalue weighted by atomic mass is 19.4. The SMILES string of the molecule is Cn1nc(N)c2c(-c3cccc(NC(=O)Nc4cccc(C(F)(F)F)c4)c3)cc(C3(C(=O)OC(N)=O)CC3)nc21. The molecule has 2 heterocycles. The van der Waals surface area contributed by atoms with Crippen LogP contribution in [0.25, 0.3) is 22.2 Å². The van der Waals surface area contributed by atoms with Gasteiger partial charge in [-0.05, 0) is 60.4 Å². The molecule has 11 nitrogen and oxygen atoms in total. The number of esters is 1. The lowest BCUT2D eigenvalue weighted by Gasteiger charge is -2.15. The number of nitrogens with two attached hydrogens (primary N) is 2. The lowest BCUT2D eigenvalue weighted by molar-refractivity contribution is -0.140. The van der Waals surface area contributed by atoms with Gasteiger partial charge in [-0.25, -0.2) is 19.3 Å². The minimum atomic E-state index is -4.55. The summed E-state index contributed by atoms with van der Waals surface area (Å²) >= 11 is 0. The third-order valence-corrected chi connectivity index (χ3v) is 6.52. The van der Waals surface area contributed by atoms with E-state index in [2.05, 4.69) is 25.5 Å². The summed E-state index contributed by atoms with van der Waals surface area (Å²) < 4.78 is 45.1. The Morgan fingerprint density at radius 1 is 1.02 bits per heavy atom. The molecular weight excluding hydrogens is 531 g/mol. The maximum Gasteiger partial charge on any atom is 0.416 e. The topological polar surface area (TPSA) is 167 Å². The van der Waals surface area contributed by atoms with Crippen molar-refractivity contribution in [3.05, 3.63) is 65.9 Å². The molecule has 0 aliphatic heterocycles. The van der Waals surface area contributed by atoms with Gasteiger partial charge < -0.3 is 26.8 Å². The molecule has 0 unspecified atom stereocenters. The molecule has 6 N–H and O–H groups in total. The number of alkyl halides is 3. The first kappa shape index (κ1) is 26.5. The zero-order valence-corrected chi connectivity index (χ0v) is 20.9. The Hall–Kier alpha value is -5.14. The van der Waals surface area contributed by atoms with E-state index in [1.165, 1.54) is 16.8 Å². The predicted octanol–water partition coefficient (Wildman–Crippen LogP) is 4.53. The molecule has 5 rings (SSSR count). The highest BCUT2D eigenvalue weighted by molar-refractivity contribution is 6.03. The third kappa shape index (κ3) is 4.98. The molecule has 0 atom stereocenters. The number of hydrogen-bond donors (Lipinski definition) is 4. The zero-order valence-electron chi connectivity index (χ0n) is 20.9. The fourth-order valence-electron chi connectivity index (χ4n) is 4.46. The zero-order chi connectivity index (χ0) is 28.8. The number of amides is 3. The molecule has 0 radical (unpaired) electrons. The highest BCUT2D eigenvalue weighted by Crippen LogP contribution is 2.50. The monoisotopic (exact) mass is 553 g/mol. The predicted molar refractivity (Wildman–Crippen MR) is 139 cm³/mol. The van der Waals surface area contributed by atoms with Gasteiger partial charge in [0, 0.05) is 18.4 Å². The van der Waals surface area contributed by atoms with E-state index in [-0.39, 0.29) is 11.5 Å². The Labute approximate surface area is 224 Å². The molecule has 2 aromatic carbocycles. The number of halogens is 3. The number of benzene rings is 2. The quantitative estimate of drug-likeness (QED) is 0.208. The highest BCUT2D eigenvalue weighted by Gasteiger charge is 2.55. The van der Waals surface area contributed by atoms with E-state index in [4.69, 9.17) is 11.5 Å². The van der Waals surface area contributed by atoms with Gasteiger partial charge in [-0.15, -0.1) is 0 Å². The van der Waals surface area contributed by atoms with Crippen LogP contribution < -0.4 is 22.1 Å². The number of urea groups is 1. The molecule has 1 aliphatic carbocycles. The second kappa shape index (κ2) is 9.55. The number of carbonyl (C=O) groups is 3. The lowest BCUT2D eigenvalue weighted by Crippen LogP contribution is -2.29. The van der Waals surface area contributed by atoms with E-state index in [1.807, 2.05) is 0 Å². The van der Waals surface area contributed by atoms with Crippen molar-refractivity contribution in [3.8, 4) is 11.1 Å². The van der Waals surface area contributed by atoms with Crippen LogP contribution in [-0.4, -0.2) is 32.9 Å². The molecule has 14 heteroatoms. The van der Waals surface area contributed by atoms with Crippen molar-refractivity contribution >= 4 is 46.3 Å². The van der Waals surface area contributed by atoms with Crippen molar-refractivity contribution in [2.24, 2.45) is 12.8 Å². The van der Waals surface area contributed by atoms with Crippen LogP contribution in [0, 0.1) is 0 Å². The van der Waals surface area contributed by atoms with E-state index in [0.29, 0.717) is 46.4 Å². The molecule has 0 saturated heterocycles. The summed E-state index contributed by atoms with van der Waals surface area (Å²) in [4.78, 5) is 41.1. The van der Waals surface area contributed by atoms with Gasteiger partial charge in [-0.2, -0.15) is 18.3 Å². The van der Waals surface area contributed by atoms with Crippen LogP contribution in [0.2, 0.25) is 0 Å². The van der Waals surface area contributed by atoms with Crippen LogP contribution in [0.1, 0.15) is 24.1 Å². The summed E-state index contributed by atoms with van der Waals surface area (Å²) in [6, 6.07) is 11.8. The van der Waals surface area contributed by atoms with E-state index in [9.17, 15) is 27.6 Å². The summed E-state index contributed by atoms with van der Waals surface area (Å²) in [5, 5.41) is 9.72. The fraction of sp³-hybridized carbons (Fsp3) is 0.192. The maximum absolute atomic E-state index is 13.0. The first-order valence-corrected chi connectivity index (χ1v) is 11.9. The first-order chi connectivity index (χ1) is 18.9. The number of carbonyl (C=O) groups excluding carboxylic acids is 3. The number of primary amides is 1. The molecule has 1 saturated carbocycles. The lowest BCUT2D eigenvalue weighted by atomic mass is 9.95. The van der Waals surface area contributed by atoms with Crippen molar-refractivity contribution in [2.75, 3.05) is 16.4 Å². The van der Waals surface area contributed by atoms with Crippen molar-refractivity contribution in [2.45, 2.75) is 24.4 Å². The van der Waals surface area contributed by atoms with Gasteiger partial charge in [0.1, 0.15) is 5.41 Å². The van der Waals surface area contributed by atoms with Crippen LogP contribution in [0.15, 0.2) is 54.6 Å². The number of anilines is 3. The van der Waals surface area contributed by atoms with Crippen molar-refractivity contribution in [1.29, 1.82) is 0 Å². The molecule has 1 fully saturated rings. The average molecular weight is 554 g/mol. The van der Waals surface area contributed by atoms with Crippen molar-refractivity contribution < 1.29 is 32.3 Å². The number of aromatic nitrogens is 3. The van der Waals surface area contributed by atoms with Crippen LogP contribution in [0.5, 0.6) is 0 Å². The Bertz CT molecular complexity index is 1680. The van der Waals surface area contributed by atoms with Crippen LogP contribution in [0.3, 0.4) is 0 Å². The first-order valence-electron chi connectivity index (χ1n) is 11.9. The molecule has 0 bridgehead atoms. The van der Waals surface area contributed by atoms with E-state index >= 15 is 0 Å². The number of fused-ring (bicyclic) bond motifs is 1. The Balaban J connectivity index is 1.48. The number of rotatable bonds is 5. The number of nitrogen functional groups attached to an aromatic ring is 1. The van der Waals surface area contributed by atoms with E-state index < -0.39 is 35.2 Å². The smallest absolute Gasteiger partial charge is 0.382 e. The minimum absolute atomic E-state index is 0.0373. The molecule has 206 valence electrons. The van der Waals surface area contributed by atoms with Crippen LogP contribution >= 0.6 is 0 Å². The number of hydrogen-bond acceptors (Lipinski definition) is 7. The summed E-state index contributed by atoms with van der Waals surface area (Å²) in [7, 11) is 1.64. The van der Waals surface area contributed by atoms with Crippen molar-refractivity contribution in [1.82, 2.24) is 14.8 Å². The van der Waals surface area contributed by atoms with Crippen LogP contribution in [0.4, 0.5) is 40.0 Å². The van der Waals surface area contributed by atoms with Gasteiger partial charge in [0.15, 0.2) is 11.5 Å². The van der Waals surface area contributed by atoms with Gasteiger partial charge in [-0.1, -0.05) is 18.2 Å². The number of pyridine rings is 1. The Morgan fingerprint density at radius 3 is 2.30 bits per heavy atom. The Kier molecular flexibility index (Phi) is 6.32. The molecule has 2 aromatic heterocycles. The molecule has 0 spiro atoms. The summed E-state index contributed by atoms with van der Waals surface area (Å²) in [5.41, 5.74) is 11.3. The molecule has 3 amide bonds. The fourth-order valence-corrected chi connectivity index (χ4v) is 4.46. The van der Waals surface area contributed by atoms with Gasteiger partial charge in [0.25, 0.3) is 0 Å². The normalized spacial score (nSPS) is 14.0. The minimum Gasteiger partial charge on any atom is -0.382 e. The van der Waals surface area contributed by atoms with E-state index in [1.54, 1.807) is 37.4 Å². The molecule has 1 aliphatic rings. The van der Waals surface area contributed by atoms with Crippen LogP contribution in [-0.2, 0) is 28.2 Å². The van der Waals surface area contributed by atoms with Gasteiger partial charge in [-0.3, -0.25) is 4.79 Å². The number of aryl methyl sites for hydroxylation is 1.